The molecular formula is C22H26ClN3O3S. The van der Waals surface area contributed by atoms with Crippen LogP contribution in [0, 0.1) is 0 Å². The largest absolute Gasteiger partial charge is 0.342 e. The highest BCUT2D eigenvalue weighted by Gasteiger charge is 2.22. The van der Waals surface area contributed by atoms with Gasteiger partial charge in [-0.05, 0) is 48.3 Å². The van der Waals surface area contributed by atoms with Gasteiger partial charge in [0.15, 0.2) is 0 Å². The normalized spacial score (nSPS) is 11.5. The first-order valence-corrected chi connectivity index (χ1v) is 11.2. The Morgan fingerprint density at radius 3 is 2.53 bits per heavy atom. The number of hydrogen-bond acceptors (Lipinski definition) is 4. The summed E-state index contributed by atoms with van der Waals surface area (Å²) >= 11 is 7.70. The van der Waals surface area contributed by atoms with Crippen LogP contribution in [-0.4, -0.2) is 47.7 Å². The molecule has 2 aromatic carbocycles. The summed E-state index contributed by atoms with van der Waals surface area (Å²) in [6.45, 7) is 1.95. The van der Waals surface area contributed by atoms with Gasteiger partial charge in [0, 0.05) is 26.2 Å². The first kappa shape index (κ1) is 23.8. The number of carbonyl (C=O) groups excluding carboxylic acids is 3. The van der Waals surface area contributed by atoms with E-state index in [2.05, 4.69) is 10.6 Å². The van der Waals surface area contributed by atoms with E-state index in [0.29, 0.717) is 35.0 Å². The molecule has 2 N–H and O–H groups in total. The molecule has 0 fully saturated rings. The molecule has 160 valence electrons. The second-order valence-corrected chi connectivity index (χ2v) is 8.24. The van der Waals surface area contributed by atoms with Crippen LogP contribution in [0.4, 0.5) is 5.69 Å². The molecule has 2 rings (SSSR count). The number of rotatable bonds is 9. The zero-order valence-corrected chi connectivity index (χ0v) is 18.8. The van der Waals surface area contributed by atoms with Crippen molar-refractivity contribution in [2.24, 2.45) is 0 Å². The molecule has 2 aromatic rings. The molecule has 1 unspecified atom stereocenters. The highest BCUT2D eigenvalue weighted by Crippen LogP contribution is 2.16. The van der Waals surface area contributed by atoms with Gasteiger partial charge >= 0.3 is 0 Å². The standard InChI is InChI=1S/C22H26ClN3O3S/c1-15(27)26(2)14-16-7-6-8-17(13-16)24-22(29)20(11-12-30-3)25-21(28)18-9-4-5-10-19(18)23/h4-10,13,20H,11-12,14H2,1-3H3,(H,24,29)(H,25,28). The third-order valence-corrected chi connectivity index (χ3v) is 5.48. The molecule has 0 aliphatic carbocycles. The van der Waals surface area contributed by atoms with E-state index in [1.165, 1.54) is 6.92 Å². The van der Waals surface area contributed by atoms with Gasteiger partial charge in [0.25, 0.3) is 5.91 Å². The van der Waals surface area contributed by atoms with E-state index in [4.69, 9.17) is 11.6 Å². The second-order valence-electron chi connectivity index (χ2n) is 6.85. The number of carbonyl (C=O) groups is 3. The number of benzene rings is 2. The van der Waals surface area contributed by atoms with E-state index >= 15 is 0 Å². The zero-order chi connectivity index (χ0) is 22.1. The lowest BCUT2D eigenvalue weighted by Gasteiger charge is -2.19. The van der Waals surface area contributed by atoms with Gasteiger partial charge in [-0.25, -0.2) is 0 Å². The van der Waals surface area contributed by atoms with Crippen LogP contribution in [0.2, 0.25) is 5.02 Å². The van der Waals surface area contributed by atoms with E-state index < -0.39 is 11.9 Å². The third-order valence-electron chi connectivity index (χ3n) is 4.50. The quantitative estimate of drug-likeness (QED) is 0.612. The monoisotopic (exact) mass is 447 g/mol. The van der Waals surface area contributed by atoms with Crippen molar-refractivity contribution in [1.29, 1.82) is 0 Å². The lowest BCUT2D eigenvalue weighted by Crippen LogP contribution is -2.44. The van der Waals surface area contributed by atoms with E-state index in [1.807, 2.05) is 24.5 Å². The van der Waals surface area contributed by atoms with Crippen molar-refractivity contribution in [2.45, 2.75) is 25.9 Å². The van der Waals surface area contributed by atoms with Crippen molar-refractivity contribution in [2.75, 3.05) is 24.4 Å². The Kier molecular flexibility index (Phi) is 9.20. The molecule has 0 saturated carbocycles. The van der Waals surface area contributed by atoms with Crippen LogP contribution in [0.3, 0.4) is 0 Å². The Hall–Kier alpha value is -2.51. The van der Waals surface area contributed by atoms with Crippen molar-refractivity contribution < 1.29 is 14.4 Å². The summed E-state index contributed by atoms with van der Waals surface area (Å²) in [6, 6.07) is 13.3. The molecular weight excluding hydrogens is 422 g/mol. The molecule has 0 aliphatic heterocycles. The maximum absolute atomic E-state index is 12.9. The third kappa shape index (κ3) is 7.07. The van der Waals surface area contributed by atoms with Gasteiger partial charge in [-0.2, -0.15) is 11.8 Å². The number of halogens is 1. The molecule has 6 nitrogen and oxygen atoms in total. The fraction of sp³-hybridized carbons (Fsp3) is 0.318. The van der Waals surface area contributed by atoms with Gasteiger partial charge in [0.05, 0.1) is 10.6 Å². The molecule has 8 heteroatoms. The van der Waals surface area contributed by atoms with Crippen LogP contribution in [0.1, 0.15) is 29.3 Å². The summed E-state index contributed by atoms with van der Waals surface area (Å²) < 4.78 is 0. The van der Waals surface area contributed by atoms with Crippen molar-refractivity contribution in [3.8, 4) is 0 Å². The van der Waals surface area contributed by atoms with Crippen molar-refractivity contribution in [3.63, 3.8) is 0 Å². The van der Waals surface area contributed by atoms with Crippen LogP contribution in [-0.2, 0) is 16.1 Å². The summed E-state index contributed by atoms with van der Waals surface area (Å²) in [5.74, 6) is -0.0197. The zero-order valence-electron chi connectivity index (χ0n) is 17.3. The second kappa shape index (κ2) is 11.6. The molecule has 0 spiro atoms. The van der Waals surface area contributed by atoms with Gasteiger partial charge in [-0.15, -0.1) is 0 Å². The molecule has 0 radical (unpaired) electrons. The molecule has 0 aliphatic rings. The Morgan fingerprint density at radius 1 is 1.13 bits per heavy atom. The number of amides is 3. The molecule has 0 aromatic heterocycles. The minimum absolute atomic E-state index is 0.0381. The predicted octanol–water partition coefficient (Wildman–Crippen LogP) is 3.81. The maximum Gasteiger partial charge on any atom is 0.253 e. The molecule has 0 bridgehead atoms. The van der Waals surface area contributed by atoms with E-state index in [0.717, 1.165) is 5.56 Å². The number of anilines is 1. The average molecular weight is 448 g/mol. The minimum Gasteiger partial charge on any atom is -0.342 e. The van der Waals surface area contributed by atoms with E-state index in [9.17, 15) is 14.4 Å². The minimum atomic E-state index is -0.704. The molecule has 3 amide bonds. The Balaban J connectivity index is 2.10. The number of hydrogen-bond donors (Lipinski definition) is 2. The number of nitrogens with zero attached hydrogens (tertiary/aromatic N) is 1. The summed E-state index contributed by atoms with van der Waals surface area (Å²) in [5.41, 5.74) is 1.83. The van der Waals surface area contributed by atoms with Gasteiger partial charge in [0.1, 0.15) is 6.04 Å². The number of thioether (sulfide) groups is 1. The van der Waals surface area contributed by atoms with Gasteiger partial charge < -0.3 is 15.5 Å². The molecule has 1 atom stereocenters. The number of nitrogens with one attached hydrogen (secondary N) is 2. The predicted molar refractivity (Wildman–Crippen MR) is 123 cm³/mol. The van der Waals surface area contributed by atoms with Crippen LogP contribution in [0.15, 0.2) is 48.5 Å². The topological polar surface area (TPSA) is 78.5 Å². The van der Waals surface area contributed by atoms with Crippen LogP contribution in [0.25, 0.3) is 0 Å². The van der Waals surface area contributed by atoms with Crippen LogP contribution in [0.5, 0.6) is 0 Å². The molecule has 0 heterocycles. The molecule has 0 saturated heterocycles. The van der Waals surface area contributed by atoms with Crippen molar-refractivity contribution in [3.05, 3.63) is 64.7 Å². The average Bonchev–Trinajstić information content (AvgIpc) is 2.71. The molecule has 30 heavy (non-hydrogen) atoms. The van der Waals surface area contributed by atoms with E-state index in [-0.39, 0.29) is 11.8 Å². The van der Waals surface area contributed by atoms with Crippen LogP contribution < -0.4 is 10.6 Å². The van der Waals surface area contributed by atoms with Crippen LogP contribution >= 0.6 is 23.4 Å². The Bertz CT molecular complexity index is 907. The first-order valence-electron chi connectivity index (χ1n) is 9.47. The lowest BCUT2D eigenvalue weighted by molar-refractivity contribution is -0.128. The van der Waals surface area contributed by atoms with Gasteiger partial charge in [0.2, 0.25) is 11.8 Å². The Labute approximate surface area is 186 Å². The van der Waals surface area contributed by atoms with Crippen molar-refractivity contribution in [1.82, 2.24) is 10.2 Å². The first-order chi connectivity index (χ1) is 14.3. The summed E-state index contributed by atoms with van der Waals surface area (Å²) in [7, 11) is 1.72. The van der Waals surface area contributed by atoms with E-state index in [1.54, 1.807) is 54.0 Å². The summed E-state index contributed by atoms with van der Waals surface area (Å²) in [4.78, 5) is 38.5. The fourth-order valence-electron chi connectivity index (χ4n) is 2.75. The fourth-order valence-corrected chi connectivity index (χ4v) is 3.44. The lowest BCUT2D eigenvalue weighted by atomic mass is 10.1. The Morgan fingerprint density at radius 2 is 1.87 bits per heavy atom. The highest BCUT2D eigenvalue weighted by atomic mass is 35.5. The van der Waals surface area contributed by atoms with Gasteiger partial charge in [-0.1, -0.05) is 35.9 Å². The van der Waals surface area contributed by atoms with Gasteiger partial charge in [-0.3, -0.25) is 14.4 Å². The maximum atomic E-state index is 12.9. The smallest absolute Gasteiger partial charge is 0.253 e. The highest BCUT2D eigenvalue weighted by molar-refractivity contribution is 7.98. The SMILES string of the molecule is CSCCC(NC(=O)c1ccccc1Cl)C(=O)Nc1cccc(CN(C)C(C)=O)c1. The summed E-state index contributed by atoms with van der Waals surface area (Å²) in [5, 5.41) is 5.99. The van der Waals surface area contributed by atoms with Crippen molar-refractivity contribution >= 4 is 46.8 Å². The summed E-state index contributed by atoms with van der Waals surface area (Å²) in [6.07, 6.45) is 2.43.